The van der Waals surface area contributed by atoms with Crippen LogP contribution in [0.2, 0.25) is 0 Å². The van der Waals surface area contributed by atoms with Crippen molar-refractivity contribution in [2.75, 3.05) is 0 Å². The summed E-state index contributed by atoms with van der Waals surface area (Å²) in [6.07, 6.45) is 2.80. The Hall–Kier alpha value is -1.32. The van der Waals surface area contributed by atoms with Gasteiger partial charge in [-0.3, -0.25) is 4.79 Å². The molecule has 0 unspecified atom stereocenters. The summed E-state index contributed by atoms with van der Waals surface area (Å²) in [6.45, 7) is 3.08. The number of carboxylic acids is 1. The molecule has 0 rings (SSSR count). The lowest BCUT2D eigenvalue weighted by molar-refractivity contribution is -0.146. The Morgan fingerprint density at radius 2 is 2.08 bits per heavy atom. The number of hydrogen-bond acceptors (Lipinski definition) is 3. The van der Waals surface area contributed by atoms with E-state index in [4.69, 9.17) is 5.11 Å². The van der Waals surface area contributed by atoms with Gasteiger partial charge in [-0.15, -0.1) is 0 Å². The third kappa shape index (κ3) is 4.49. The Kier molecular flexibility index (Phi) is 4.76. The van der Waals surface area contributed by atoms with Crippen LogP contribution in [0.5, 0.6) is 0 Å². The van der Waals surface area contributed by atoms with E-state index in [-0.39, 0.29) is 5.76 Å². The van der Waals surface area contributed by atoms with Crippen LogP contribution in [0.3, 0.4) is 0 Å². The van der Waals surface area contributed by atoms with Crippen molar-refractivity contribution in [2.24, 2.45) is 0 Å². The van der Waals surface area contributed by atoms with Crippen LogP contribution >= 0.6 is 0 Å². The topological polar surface area (TPSA) is 63.6 Å². The lowest BCUT2D eigenvalue weighted by Gasteiger charge is -2.00. The van der Waals surface area contributed by atoms with Crippen molar-refractivity contribution in [1.82, 2.24) is 0 Å². The van der Waals surface area contributed by atoms with Gasteiger partial charge in [0.15, 0.2) is 0 Å². The fourth-order valence-electron chi connectivity index (χ4n) is 0.603. The zero-order chi connectivity index (χ0) is 9.56. The molecule has 0 spiro atoms. The predicted molar refractivity (Wildman–Crippen MR) is 42.4 cm³/mol. The molecule has 0 aliphatic heterocycles. The number of carbonyl (C=O) groups is 2. The van der Waals surface area contributed by atoms with Crippen LogP contribution in [0.1, 0.15) is 26.7 Å². The Bertz CT molecular complexity index is 205. The van der Waals surface area contributed by atoms with E-state index in [0.29, 0.717) is 6.42 Å². The van der Waals surface area contributed by atoms with Gasteiger partial charge in [-0.25, -0.2) is 4.79 Å². The molecule has 0 aliphatic rings. The molecule has 4 nitrogen and oxygen atoms in total. The quantitative estimate of drug-likeness (QED) is 0.394. The number of carboxylic acid groups (broad SMARTS) is 1. The fraction of sp³-hybridized carbons (Fsp3) is 0.500. The van der Waals surface area contributed by atoms with Crippen molar-refractivity contribution in [3.63, 3.8) is 0 Å². The second-order valence-corrected chi connectivity index (χ2v) is 2.26. The molecular formula is C8H12O4. The lowest BCUT2D eigenvalue weighted by Crippen LogP contribution is -2.08. The van der Waals surface area contributed by atoms with Crippen LogP contribution in [-0.2, 0) is 14.3 Å². The van der Waals surface area contributed by atoms with E-state index >= 15 is 0 Å². The zero-order valence-electron chi connectivity index (χ0n) is 7.16. The molecule has 0 saturated heterocycles. The fourth-order valence-corrected chi connectivity index (χ4v) is 0.603. The van der Waals surface area contributed by atoms with Crippen molar-refractivity contribution in [3.8, 4) is 0 Å². The van der Waals surface area contributed by atoms with Crippen molar-refractivity contribution >= 4 is 11.9 Å². The van der Waals surface area contributed by atoms with Crippen molar-refractivity contribution in [2.45, 2.75) is 26.7 Å². The van der Waals surface area contributed by atoms with Crippen LogP contribution in [0.15, 0.2) is 11.8 Å². The lowest BCUT2D eigenvalue weighted by atomic mass is 10.3. The van der Waals surface area contributed by atoms with Crippen LogP contribution in [0.25, 0.3) is 0 Å². The van der Waals surface area contributed by atoms with Gasteiger partial charge in [0.25, 0.3) is 0 Å². The Morgan fingerprint density at radius 1 is 1.50 bits per heavy atom. The summed E-state index contributed by atoms with van der Waals surface area (Å²) in [5.74, 6) is -2.11. The third-order valence-electron chi connectivity index (χ3n) is 1.08. The molecule has 0 aromatic heterocycles. The monoisotopic (exact) mass is 172 g/mol. The first-order valence-corrected chi connectivity index (χ1v) is 3.69. The number of aliphatic carboxylic acids is 1. The smallest absolute Gasteiger partial charge is 0.371 e. The summed E-state index contributed by atoms with van der Waals surface area (Å²) in [7, 11) is 0. The van der Waals surface area contributed by atoms with Gasteiger partial charge in [-0.05, 0) is 12.5 Å². The maximum Gasteiger partial charge on any atom is 0.371 e. The van der Waals surface area contributed by atoms with Crippen LogP contribution in [-0.4, -0.2) is 17.0 Å². The van der Waals surface area contributed by atoms with E-state index in [2.05, 4.69) is 4.74 Å². The Labute approximate surface area is 70.8 Å². The molecule has 0 saturated carbocycles. The van der Waals surface area contributed by atoms with Crippen LogP contribution in [0.4, 0.5) is 0 Å². The third-order valence-corrected chi connectivity index (χ3v) is 1.08. The van der Waals surface area contributed by atoms with Crippen molar-refractivity contribution in [1.29, 1.82) is 0 Å². The molecule has 0 heterocycles. The first-order chi connectivity index (χ1) is 5.57. The highest BCUT2D eigenvalue weighted by Gasteiger charge is 2.09. The standard InChI is InChI=1S/C8H12O4/c1-3-4-5-7(8(10)11)12-6(2)9/h5H,3-4H2,1-2H3,(H,10,11)/b7-5-. The molecule has 68 valence electrons. The molecular weight excluding hydrogens is 160 g/mol. The number of allylic oxidation sites excluding steroid dienone is 1. The zero-order valence-corrected chi connectivity index (χ0v) is 7.16. The average Bonchev–Trinajstić information content (AvgIpc) is 1.96. The minimum absolute atomic E-state index is 0.288. The van der Waals surface area contributed by atoms with Crippen LogP contribution in [0, 0.1) is 0 Å². The minimum atomic E-state index is -1.21. The van der Waals surface area contributed by atoms with Gasteiger partial charge in [0.2, 0.25) is 5.76 Å². The first-order valence-electron chi connectivity index (χ1n) is 3.69. The summed E-state index contributed by atoms with van der Waals surface area (Å²) in [5, 5.41) is 8.50. The van der Waals surface area contributed by atoms with E-state index in [0.717, 1.165) is 6.42 Å². The van der Waals surface area contributed by atoms with Crippen LogP contribution < -0.4 is 0 Å². The maximum atomic E-state index is 10.4. The second-order valence-electron chi connectivity index (χ2n) is 2.26. The van der Waals surface area contributed by atoms with Gasteiger partial charge in [-0.1, -0.05) is 13.3 Å². The summed E-state index contributed by atoms with van der Waals surface area (Å²) in [5.41, 5.74) is 0. The van der Waals surface area contributed by atoms with E-state index in [1.165, 1.54) is 13.0 Å². The van der Waals surface area contributed by atoms with E-state index in [9.17, 15) is 9.59 Å². The minimum Gasteiger partial charge on any atom is -0.475 e. The predicted octanol–water partition coefficient (Wildman–Crippen LogP) is 1.32. The van der Waals surface area contributed by atoms with Gasteiger partial charge in [-0.2, -0.15) is 0 Å². The largest absolute Gasteiger partial charge is 0.475 e. The molecule has 0 atom stereocenters. The van der Waals surface area contributed by atoms with Gasteiger partial charge in [0.05, 0.1) is 0 Å². The van der Waals surface area contributed by atoms with Crippen molar-refractivity contribution in [3.05, 3.63) is 11.8 Å². The summed E-state index contributed by atoms with van der Waals surface area (Å²) in [4.78, 5) is 20.8. The van der Waals surface area contributed by atoms with E-state index in [1.807, 2.05) is 6.92 Å². The Balaban J connectivity index is 4.22. The van der Waals surface area contributed by atoms with Gasteiger partial charge in [0, 0.05) is 6.92 Å². The number of esters is 1. The number of hydrogen-bond donors (Lipinski definition) is 1. The SMILES string of the molecule is CCC/C=C(\OC(C)=O)C(=O)O. The number of ether oxygens (including phenoxy) is 1. The average molecular weight is 172 g/mol. The molecule has 0 amide bonds. The van der Waals surface area contributed by atoms with E-state index in [1.54, 1.807) is 0 Å². The highest BCUT2D eigenvalue weighted by atomic mass is 16.6. The first kappa shape index (κ1) is 10.7. The highest BCUT2D eigenvalue weighted by molar-refractivity contribution is 5.87. The molecule has 0 bridgehead atoms. The second kappa shape index (κ2) is 5.35. The van der Waals surface area contributed by atoms with Gasteiger partial charge >= 0.3 is 11.9 Å². The van der Waals surface area contributed by atoms with Crippen molar-refractivity contribution < 1.29 is 19.4 Å². The Morgan fingerprint density at radius 3 is 2.42 bits per heavy atom. The summed E-state index contributed by atoms with van der Waals surface area (Å²) < 4.78 is 4.44. The molecule has 0 aromatic rings. The molecule has 4 heteroatoms. The van der Waals surface area contributed by atoms with Gasteiger partial charge < -0.3 is 9.84 Å². The normalized spacial score (nSPS) is 11.0. The molecule has 0 aliphatic carbocycles. The van der Waals surface area contributed by atoms with Gasteiger partial charge in [0.1, 0.15) is 0 Å². The summed E-state index contributed by atoms with van der Waals surface area (Å²) in [6, 6.07) is 0. The van der Waals surface area contributed by atoms with E-state index < -0.39 is 11.9 Å². The number of carbonyl (C=O) groups excluding carboxylic acids is 1. The summed E-state index contributed by atoms with van der Waals surface area (Å²) >= 11 is 0. The maximum absolute atomic E-state index is 10.4. The number of rotatable bonds is 4. The number of unbranched alkanes of at least 4 members (excludes halogenated alkanes) is 1. The molecule has 0 fully saturated rings. The molecule has 1 N–H and O–H groups in total. The molecule has 12 heavy (non-hydrogen) atoms. The highest BCUT2D eigenvalue weighted by Crippen LogP contribution is 2.01. The molecule has 0 radical (unpaired) electrons. The molecule has 0 aromatic carbocycles.